The van der Waals surface area contributed by atoms with Gasteiger partial charge in [0.25, 0.3) is 5.69 Å². The van der Waals surface area contributed by atoms with Crippen LogP contribution in [0.2, 0.25) is 0 Å². The number of carboxylic acid groups (broad SMARTS) is 1. The summed E-state index contributed by atoms with van der Waals surface area (Å²) in [5.74, 6) is -0.873. The van der Waals surface area contributed by atoms with Gasteiger partial charge in [-0.25, -0.2) is 4.98 Å². The Morgan fingerprint density at radius 2 is 2.13 bits per heavy atom. The number of benzene rings is 1. The number of non-ortho nitro benzene ring substituents is 1. The molecule has 0 bridgehead atoms. The standard InChI is InChI=1S/C12H8N4O4S3/c17-10(18)4-3-9-14-15-12(22-9)23-11-13-7-2-1-6(16(19)20)5-8(7)21-11/h1-2,5H,3-4H2,(H,17,18). The highest BCUT2D eigenvalue weighted by Crippen LogP contribution is 2.36. The van der Waals surface area contributed by atoms with Gasteiger partial charge in [-0.05, 0) is 17.8 Å². The number of nitrogens with zero attached hydrogens (tertiary/aromatic N) is 4. The zero-order chi connectivity index (χ0) is 16.4. The number of carbonyl (C=O) groups is 1. The molecule has 8 nitrogen and oxygen atoms in total. The van der Waals surface area contributed by atoms with Crippen molar-refractivity contribution in [2.24, 2.45) is 0 Å². The Morgan fingerprint density at radius 3 is 2.87 bits per heavy atom. The number of nitro groups is 1. The molecular weight excluding hydrogens is 360 g/mol. The Kier molecular flexibility index (Phi) is 4.50. The lowest BCUT2D eigenvalue weighted by Gasteiger charge is -1.89. The molecule has 0 saturated carbocycles. The van der Waals surface area contributed by atoms with Gasteiger partial charge in [0.1, 0.15) is 5.01 Å². The fourth-order valence-electron chi connectivity index (χ4n) is 1.72. The van der Waals surface area contributed by atoms with Crippen molar-refractivity contribution in [1.82, 2.24) is 15.2 Å². The summed E-state index contributed by atoms with van der Waals surface area (Å²) in [5.41, 5.74) is 0.725. The minimum atomic E-state index is -0.873. The zero-order valence-corrected chi connectivity index (χ0v) is 13.8. The summed E-state index contributed by atoms with van der Waals surface area (Å²) in [6, 6.07) is 4.54. The molecule has 0 amide bonds. The summed E-state index contributed by atoms with van der Waals surface area (Å²) in [7, 11) is 0. The molecule has 2 aromatic heterocycles. The van der Waals surface area contributed by atoms with E-state index in [1.165, 1.54) is 46.6 Å². The molecule has 0 aliphatic heterocycles. The van der Waals surface area contributed by atoms with Gasteiger partial charge in [0.05, 0.1) is 21.6 Å². The second-order valence-corrected chi connectivity index (χ2v) is 7.93. The normalized spacial score (nSPS) is 11.0. The summed E-state index contributed by atoms with van der Waals surface area (Å²) in [4.78, 5) is 25.3. The molecule has 0 spiro atoms. The van der Waals surface area contributed by atoms with Crippen LogP contribution in [0.5, 0.6) is 0 Å². The van der Waals surface area contributed by atoms with Gasteiger partial charge >= 0.3 is 5.97 Å². The minimum Gasteiger partial charge on any atom is -0.481 e. The monoisotopic (exact) mass is 368 g/mol. The first-order valence-corrected chi connectivity index (χ1v) is 8.73. The van der Waals surface area contributed by atoms with Crippen molar-refractivity contribution in [2.45, 2.75) is 21.5 Å². The molecule has 3 aromatic rings. The number of aromatic nitrogens is 3. The number of aliphatic carboxylic acids is 1. The molecule has 0 radical (unpaired) electrons. The molecule has 2 heterocycles. The molecule has 0 aliphatic rings. The number of aryl methyl sites for hydroxylation is 1. The van der Waals surface area contributed by atoms with Gasteiger partial charge in [0.2, 0.25) is 0 Å². The number of thiazole rings is 1. The Balaban J connectivity index is 1.76. The number of hydrogen-bond donors (Lipinski definition) is 1. The molecule has 0 atom stereocenters. The first-order chi connectivity index (χ1) is 11.0. The van der Waals surface area contributed by atoms with Crippen molar-refractivity contribution in [3.8, 4) is 0 Å². The predicted octanol–water partition coefficient (Wildman–Crippen LogP) is 3.22. The predicted molar refractivity (Wildman–Crippen MR) is 86.3 cm³/mol. The Morgan fingerprint density at radius 1 is 1.30 bits per heavy atom. The first-order valence-electron chi connectivity index (χ1n) is 6.28. The average molecular weight is 368 g/mol. The number of fused-ring (bicyclic) bond motifs is 1. The van der Waals surface area contributed by atoms with Crippen LogP contribution in [0.1, 0.15) is 11.4 Å². The average Bonchev–Trinajstić information content (AvgIpc) is 3.10. The summed E-state index contributed by atoms with van der Waals surface area (Å²) >= 11 is 3.98. The van der Waals surface area contributed by atoms with Crippen molar-refractivity contribution in [2.75, 3.05) is 0 Å². The van der Waals surface area contributed by atoms with Gasteiger partial charge in [-0.2, -0.15) is 0 Å². The van der Waals surface area contributed by atoms with E-state index in [1.807, 2.05) is 0 Å². The van der Waals surface area contributed by atoms with Crippen molar-refractivity contribution in [1.29, 1.82) is 0 Å². The van der Waals surface area contributed by atoms with E-state index >= 15 is 0 Å². The molecule has 1 N–H and O–H groups in total. The van der Waals surface area contributed by atoms with Crippen molar-refractivity contribution >= 4 is 56.3 Å². The molecule has 0 unspecified atom stereocenters. The SMILES string of the molecule is O=C(O)CCc1nnc(Sc2nc3ccc([N+](=O)[O-])cc3s2)s1. The summed E-state index contributed by atoms with van der Waals surface area (Å²) < 4.78 is 2.11. The highest BCUT2D eigenvalue weighted by atomic mass is 32.2. The van der Waals surface area contributed by atoms with E-state index < -0.39 is 10.9 Å². The first kappa shape index (κ1) is 15.8. The second kappa shape index (κ2) is 6.56. The lowest BCUT2D eigenvalue weighted by molar-refractivity contribution is -0.384. The molecular formula is C12H8N4O4S3. The molecule has 1 aromatic carbocycles. The van der Waals surface area contributed by atoms with E-state index in [-0.39, 0.29) is 12.1 Å². The Bertz CT molecular complexity index is 891. The maximum Gasteiger partial charge on any atom is 0.303 e. The number of carboxylic acids is 1. The van der Waals surface area contributed by atoms with Gasteiger partial charge in [-0.15, -0.1) is 21.5 Å². The lowest BCUT2D eigenvalue weighted by atomic mass is 10.3. The van der Waals surface area contributed by atoms with Gasteiger partial charge in [-0.3, -0.25) is 14.9 Å². The highest BCUT2D eigenvalue weighted by Gasteiger charge is 2.13. The lowest BCUT2D eigenvalue weighted by Crippen LogP contribution is -1.96. The molecule has 118 valence electrons. The molecule has 23 heavy (non-hydrogen) atoms. The number of rotatable bonds is 6. The van der Waals surface area contributed by atoms with Gasteiger partial charge < -0.3 is 5.11 Å². The fraction of sp³-hybridized carbons (Fsp3) is 0.167. The van der Waals surface area contributed by atoms with Crippen LogP contribution >= 0.6 is 34.4 Å². The fourth-order valence-corrected chi connectivity index (χ4v) is 4.92. The van der Waals surface area contributed by atoms with Gasteiger partial charge in [0, 0.05) is 18.6 Å². The Hall–Kier alpha value is -2.11. The van der Waals surface area contributed by atoms with Crippen LogP contribution in [0.15, 0.2) is 26.9 Å². The Labute approximate surface area is 141 Å². The van der Waals surface area contributed by atoms with Crippen LogP contribution in [0.3, 0.4) is 0 Å². The van der Waals surface area contributed by atoms with Crippen LogP contribution < -0.4 is 0 Å². The summed E-state index contributed by atoms with van der Waals surface area (Å²) in [6.07, 6.45) is 0.365. The molecule has 0 aliphatic carbocycles. The van der Waals surface area contributed by atoms with Gasteiger partial charge in [0.15, 0.2) is 8.68 Å². The zero-order valence-electron chi connectivity index (χ0n) is 11.3. The third-order valence-corrected chi connectivity index (χ3v) is 5.85. The number of hydrogen-bond acceptors (Lipinski definition) is 9. The van der Waals surface area contributed by atoms with E-state index in [0.717, 1.165) is 4.70 Å². The van der Waals surface area contributed by atoms with E-state index in [1.54, 1.807) is 6.07 Å². The molecule has 11 heteroatoms. The molecule has 0 fully saturated rings. The molecule has 0 saturated heterocycles. The van der Waals surface area contributed by atoms with Gasteiger partial charge in [-0.1, -0.05) is 11.3 Å². The van der Waals surface area contributed by atoms with Crippen LogP contribution in [-0.4, -0.2) is 31.2 Å². The minimum absolute atomic E-state index is 0.0180. The maximum atomic E-state index is 10.8. The topological polar surface area (TPSA) is 119 Å². The van der Waals surface area contributed by atoms with E-state index in [4.69, 9.17) is 5.11 Å². The van der Waals surface area contributed by atoms with Crippen LogP contribution in [0.25, 0.3) is 10.2 Å². The quantitative estimate of drug-likeness (QED) is 0.520. The van der Waals surface area contributed by atoms with Crippen LogP contribution in [0, 0.1) is 10.1 Å². The van der Waals surface area contributed by atoms with Crippen LogP contribution in [0.4, 0.5) is 5.69 Å². The summed E-state index contributed by atoms with van der Waals surface area (Å²) in [5, 5.41) is 28.0. The number of nitro benzene ring substituents is 1. The molecule has 3 rings (SSSR count). The van der Waals surface area contributed by atoms with Crippen molar-refractivity contribution < 1.29 is 14.8 Å². The van der Waals surface area contributed by atoms with E-state index in [0.29, 0.717) is 25.6 Å². The largest absolute Gasteiger partial charge is 0.481 e. The third-order valence-electron chi connectivity index (χ3n) is 2.74. The maximum absolute atomic E-state index is 10.8. The van der Waals surface area contributed by atoms with E-state index in [9.17, 15) is 14.9 Å². The summed E-state index contributed by atoms with van der Waals surface area (Å²) in [6.45, 7) is 0. The van der Waals surface area contributed by atoms with Crippen LogP contribution in [-0.2, 0) is 11.2 Å². The smallest absolute Gasteiger partial charge is 0.303 e. The second-order valence-electron chi connectivity index (χ2n) is 4.35. The van der Waals surface area contributed by atoms with Crippen molar-refractivity contribution in [3.05, 3.63) is 33.3 Å². The third kappa shape index (κ3) is 3.81. The highest BCUT2D eigenvalue weighted by molar-refractivity contribution is 8.02. The van der Waals surface area contributed by atoms with E-state index in [2.05, 4.69) is 15.2 Å². The van der Waals surface area contributed by atoms with Crippen molar-refractivity contribution in [3.63, 3.8) is 0 Å².